The Bertz CT molecular complexity index is 1030. The molecule has 0 spiro atoms. The van der Waals surface area contributed by atoms with Crippen molar-refractivity contribution < 1.29 is 22.0 Å². The van der Waals surface area contributed by atoms with Crippen LogP contribution < -0.4 is 16.3 Å². The van der Waals surface area contributed by atoms with Crippen LogP contribution in [0.3, 0.4) is 0 Å². The molecule has 0 fully saturated rings. The molecule has 0 radical (unpaired) electrons. The van der Waals surface area contributed by atoms with Gasteiger partial charge < -0.3 is 15.1 Å². The van der Waals surface area contributed by atoms with E-state index in [1.165, 1.54) is 42.5 Å². The van der Waals surface area contributed by atoms with Gasteiger partial charge in [0.25, 0.3) is 0 Å². The number of benzene rings is 2. The largest absolute Gasteiger partial charge is 0.423 e. The maximum atomic E-state index is 13.0. The van der Waals surface area contributed by atoms with Crippen molar-refractivity contribution in [2.24, 2.45) is 0 Å². The highest BCUT2D eigenvalue weighted by molar-refractivity contribution is 7.80. The molecule has 4 nitrogen and oxygen atoms in total. The second-order valence-electron chi connectivity index (χ2n) is 5.27. The van der Waals surface area contributed by atoms with Gasteiger partial charge in [0.2, 0.25) is 0 Å². The molecule has 0 aliphatic rings. The quantitative estimate of drug-likeness (QED) is 0.380. The Morgan fingerprint density at radius 1 is 0.962 bits per heavy atom. The monoisotopic (exact) mass is 382 g/mol. The molecule has 0 aliphatic heterocycles. The van der Waals surface area contributed by atoms with Crippen LogP contribution in [0.5, 0.6) is 0 Å². The van der Waals surface area contributed by atoms with Gasteiger partial charge in [-0.05, 0) is 48.6 Å². The van der Waals surface area contributed by atoms with E-state index in [0.29, 0.717) is 17.4 Å². The fraction of sp³-hybridized carbons (Fsp3) is 0.0588. The van der Waals surface area contributed by atoms with Crippen LogP contribution in [0, 0.1) is 5.82 Å². The topological polar surface area (TPSA) is 54.3 Å². The fourth-order valence-corrected chi connectivity index (χ4v) is 2.54. The Kier molecular flexibility index (Phi) is 4.64. The van der Waals surface area contributed by atoms with Crippen LogP contribution in [0.15, 0.2) is 57.7 Å². The van der Waals surface area contributed by atoms with E-state index in [2.05, 4.69) is 10.6 Å². The summed E-state index contributed by atoms with van der Waals surface area (Å²) in [5, 5.41) is 5.45. The number of fused-ring (bicyclic) bond motifs is 1. The Labute approximate surface area is 149 Å². The molecule has 0 amide bonds. The van der Waals surface area contributed by atoms with Gasteiger partial charge in [0.1, 0.15) is 11.4 Å². The van der Waals surface area contributed by atoms with Crippen molar-refractivity contribution in [2.45, 2.75) is 6.18 Å². The van der Waals surface area contributed by atoms with Crippen molar-refractivity contribution in [1.82, 2.24) is 0 Å². The zero-order valence-corrected chi connectivity index (χ0v) is 13.7. The normalized spacial score (nSPS) is 11.4. The number of rotatable bonds is 2. The second kappa shape index (κ2) is 6.75. The maximum Gasteiger partial charge on any atom is 0.417 e. The molecule has 9 heteroatoms. The predicted octanol–water partition coefficient (Wildman–Crippen LogP) is 4.76. The van der Waals surface area contributed by atoms with Crippen molar-refractivity contribution in [3.63, 3.8) is 0 Å². The third kappa shape index (κ3) is 3.99. The van der Waals surface area contributed by atoms with Crippen molar-refractivity contribution in [3.05, 3.63) is 70.3 Å². The van der Waals surface area contributed by atoms with Crippen molar-refractivity contribution in [3.8, 4) is 0 Å². The molecule has 0 saturated carbocycles. The first-order valence-corrected chi connectivity index (χ1v) is 7.62. The summed E-state index contributed by atoms with van der Waals surface area (Å²) in [6.45, 7) is 0. The van der Waals surface area contributed by atoms with Gasteiger partial charge in [-0.1, -0.05) is 0 Å². The van der Waals surface area contributed by atoms with Gasteiger partial charge in [0, 0.05) is 28.9 Å². The standard InChI is InChI=1S/C17H10F4N2O2S/c18-9-1-3-10(4-2-9)22-16(26)23-11-5-6-12-13(17(19,20)21)8-15(24)25-14(12)7-11/h1-8H,(H2,22,23,26). The van der Waals surface area contributed by atoms with E-state index in [1.807, 2.05) is 0 Å². The molecule has 0 bridgehead atoms. The Balaban J connectivity index is 1.86. The number of alkyl halides is 3. The lowest BCUT2D eigenvalue weighted by Gasteiger charge is -2.12. The van der Waals surface area contributed by atoms with E-state index in [4.69, 9.17) is 16.6 Å². The number of halogens is 4. The van der Waals surface area contributed by atoms with Crippen LogP contribution in [0.2, 0.25) is 0 Å². The average Bonchev–Trinajstić information content (AvgIpc) is 2.55. The summed E-state index contributed by atoms with van der Waals surface area (Å²) >= 11 is 5.10. The number of hydrogen-bond acceptors (Lipinski definition) is 3. The minimum absolute atomic E-state index is 0.130. The number of thiocarbonyl (C=S) groups is 1. The smallest absolute Gasteiger partial charge is 0.417 e. The van der Waals surface area contributed by atoms with Crippen molar-refractivity contribution in [1.29, 1.82) is 0 Å². The zero-order chi connectivity index (χ0) is 18.9. The van der Waals surface area contributed by atoms with E-state index in [-0.39, 0.29) is 16.1 Å². The Hall–Kier alpha value is -2.94. The highest BCUT2D eigenvalue weighted by Gasteiger charge is 2.33. The summed E-state index contributed by atoms with van der Waals surface area (Å²) in [7, 11) is 0. The molecule has 3 aromatic rings. The number of nitrogens with one attached hydrogen (secondary N) is 2. The minimum atomic E-state index is -4.68. The van der Waals surface area contributed by atoms with E-state index in [0.717, 1.165) is 0 Å². The van der Waals surface area contributed by atoms with Gasteiger partial charge in [0.05, 0.1) is 5.56 Å². The highest BCUT2D eigenvalue weighted by atomic mass is 32.1. The van der Waals surface area contributed by atoms with Gasteiger partial charge in [-0.15, -0.1) is 0 Å². The van der Waals surface area contributed by atoms with Crippen LogP contribution in [-0.4, -0.2) is 5.11 Å². The molecule has 1 heterocycles. The van der Waals surface area contributed by atoms with Gasteiger partial charge in [0.15, 0.2) is 5.11 Å². The molecule has 0 aliphatic carbocycles. The molecule has 2 N–H and O–H groups in total. The van der Waals surface area contributed by atoms with Gasteiger partial charge in [-0.3, -0.25) is 0 Å². The van der Waals surface area contributed by atoms with Crippen molar-refractivity contribution in [2.75, 3.05) is 10.6 Å². The summed E-state index contributed by atoms with van der Waals surface area (Å²) in [6, 6.07) is 9.64. The molecule has 0 saturated heterocycles. The summed E-state index contributed by atoms with van der Waals surface area (Å²) in [6.07, 6.45) is -4.68. The molecule has 134 valence electrons. The number of hydrogen-bond donors (Lipinski definition) is 2. The molecule has 26 heavy (non-hydrogen) atoms. The van der Waals surface area contributed by atoms with E-state index >= 15 is 0 Å². The Morgan fingerprint density at radius 2 is 1.58 bits per heavy atom. The molecule has 0 unspecified atom stereocenters. The first-order chi connectivity index (χ1) is 12.2. The van der Waals surface area contributed by atoms with Crippen LogP contribution in [0.1, 0.15) is 5.56 Å². The van der Waals surface area contributed by atoms with E-state index in [1.54, 1.807) is 0 Å². The zero-order valence-electron chi connectivity index (χ0n) is 12.9. The average molecular weight is 382 g/mol. The maximum absolute atomic E-state index is 13.0. The molecular formula is C17H10F4N2O2S. The van der Waals surface area contributed by atoms with Gasteiger partial charge in [-0.2, -0.15) is 13.2 Å². The molecule has 3 rings (SSSR count). The van der Waals surface area contributed by atoms with Crippen molar-refractivity contribution >= 4 is 39.7 Å². The second-order valence-corrected chi connectivity index (χ2v) is 5.68. The molecule has 0 atom stereocenters. The first kappa shape index (κ1) is 17.9. The Morgan fingerprint density at radius 3 is 2.23 bits per heavy atom. The minimum Gasteiger partial charge on any atom is -0.423 e. The summed E-state index contributed by atoms with van der Waals surface area (Å²) < 4.78 is 56.8. The first-order valence-electron chi connectivity index (χ1n) is 7.21. The molecule has 2 aromatic carbocycles. The predicted molar refractivity (Wildman–Crippen MR) is 93.7 cm³/mol. The third-order valence-electron chi connectivity index (χ3n) is 3.41. The van der Waals surface area contributed by atoms with Crippen LogP contribution in [0.4, 0.5) is 28.9 Å². The lowest BCUT2D eigenvalue weighted by atomic mass is 10.1. The SMILES string of the molecule is O=c1cc(C(F)(F)F)c2ccc(NC(=S)Nc3ccc(F)cc3)cc2o1. The third-order valence-corrected chi connectivity index (χ3v) is 3.61. The van der Waals surface area contributed by atoms with E-state index in [9.17, 15) is 22.4 Å². The highest BCUT2D eigenvalue weighted by Crippen LogP contribution is 2.34. The van der Waals surface area contributed by atoms with Gasteiger partial charge >= 0.3 is 11.8 Å². The molecule has 1 aromatic heterocycles. The van der Waals surface area contributed by atoms with E-state index < -0.39 is 23.2 Å². The lowest BCUT2D eigenvalue weighted by molar-refractivity contribution is -0.136. The molecular weight excluding hydrogens is 372 g/mol. The van der Waals surface area contributed by atoms with Crippen LogP contribution in [-0.2, 0) is 6.18 Å². The summed E-state index contributed by atoms with van der Waals surface area (Å²) in [5.74, 6) is -0.403. The van der Waals surface area contributed by atoms with Crippen LogP contribution >= 0.6 is 12.2 Å². The lowest BCUT2D eigenvalue weighted by Crippen LogP contribution is -2.19. The van der Waals surface area contributed by atoms with Crippen LogP contribution in [0.25, 0.3) is 11.0 Å². The van der Waals surface area contributed by atoms with Gasteiger partial charge in [-0.25, -0.2) is 9.18 Å². The summed E-state index contributed by atoms with van der Waals surface area (Å²) in [4.78, 5) is 11.4. The number of anilines is 2. The fourth-order valence-electron chi connectivity index (χ4n) is 2.30. The summed E-state index contributed by atoms with van der Waals surface area (Å²) in [5.41, 5.74) is -1.55.